The van der Waals surface area contributed by atoms with Crippen molar-refractivity contribution in [3.63, 3.8) is 0 Å². The molecule has 0 spiro atoms. The molecule has 8 nitrogen and oxygen atoms in total. The number of nitrogens with zero attached hydrogens (tertiary/aromatic N) is 2. The first kappa shape index (κ1) is 34.0. The number of carbonyl (C=O) groups excluding carboxylic acids is 2. The van der Waals surface area contributed by atoms with Crippen LogP contribution in [0.15, 0.2) is 108 Å². The Morgan fingerprint density at radius 2 is 1.49 bits per heavy atom. The third-order valence-corrected chi connectivity index (χ3v) is 10.4. The van der Waals surface area contributed by atoms with Gasteiger partial charge in [-0.25, -0.2) is 8.42 Å². The Balaban J connectivity index is 1.49. The predicted molar refractivity (Wildman–Crippen MR) is 185 cm³/mol. The first-order valence-electron chi connectivity index (χ1n) is 15.9. The first-order chi connectivity index (χ1) is 22.6. The van der Waals surface area contributed by atoms with Crippen molar-refractivity contribution in [1.82, 2.24) is 10.2 Å². The van der Waals surface area contributed by atoms with E-state index in [4.69, 9.17) is 16.3 Å². The number of sulfonamides is 1. The van der Waals surface area contributed by atoms with Gasteiger partial charge >= 0.3 is 0 Å². The van der Waals surface area contributed by atoms with E-state index in [1.807, 2.05) is 44.2 Å². The highest BCUT2D eigenvalue weighted by molar-refractivity contribution is 7.92. The number of hydrogen-bond donors (Lipinski definition) is 1. The second-order valence-electron chi connectivity index (χ2n) is 11.8. The zero-order valence-corrected chi connectivity index (χ0v) is 28.2. The molecule has 0 bridgehead atoms. The minimum atomic E-state index is -4.19. The van der Waals surface area contributed by atoms with E-state index in [1.165, 1.54) is 17.0 Å². The SMILES string of the molecule is CC[C@@H](C(=O)NC1CCCC1)N(Cc1ccc(Cl)cc1)C(=O)CN(c1ccc(Oc2ccccc2)cc1)S(=O)(=O)c1ccc(C)cc1. The average Bonchev–Trinajstić information content (AvgIpc) is 3.58. The van der Waals surface area contributed by atoms with Crippen LogP contribution in [0.25, 0.3) is 0 Å². The smallest absolute Gasteiger partial charge is 0.264 e. The number of ether oxygens (including phenoxy) is 1. The molecule has 246 valence electrons. The number of halogens is 1. The highest BCUT2D eigenvalue weighted by Crippen LogP contribution is 2.29. The van der Waals surface area contributed by atoms with Crippen molar-refractivity contribution in [3.05, 3.63) is 119 Å². The number of para-hydroxylation sites is 1. The summed E-state index contributed by atoms with van der Waals surface area (Å²) in [5.74, 6) is 0.405. The van der Waals surface area contributed by atoms with E-state index in [1.54, 1.807) is 60.7 Å². The van der Waals surface area contributed by atoms with Crippen LogP contribution in [-0.2, 0) is 26.2 Å². The molecule has 5 rings (SSSR count). The first-order valence-corrected chi connectivity index (χ1v) is 17.7. The quantitative estimate of drug-likeness (QED) is 0.159. The maximum atomic E-state index is 14.4. The maximum absolute atomic E-state index is 14.4. The fraction of sp³-hybridized carbons (Fsp3) is 0.297. The van der Waals surface area contributed by atoms with Gasteiger partial charge in [0, 0.05) is 17.6 Å². The molecule has 10 heteroatoms. The molecule has 0 unspecified atom stereocenters. The molecule has 1 saturated carbocycles. The van der Waals surface area contributed by atoms with Crippen LogP contribution in [0.2, 0.25) is 5.02 Å². The molecule has 0 aliphatic heterocycles. The standard InChI is InChI=1S/C37H40ClN3O5S/c1-3-35(37(43)39-30-9-7-8-10-30)40(25-28-15-17-29(38)18-16-28)36(42)26-41(47(44,45)34-23-13-27(2)14-24-34)31-19-21-33(22-20-31)46-32-11-5-4-6-12-32/h4-6,11-24,30,35H,3,7-10,25-26H2,1-2H3,(H,39,43)/t35-/m0/s1. The Kier molecular flexibility index (Phi) is 11.2. The molecule has 0 saturated heterocycles. The van der Waals surface area contributed by atoms with Crippen molar-refractivity contribution >= 4 is 39.1 Å². The van der Waals surface area contributed by atoms with Gasteiger partial charge in [-0.1, -0.05) is 79.4 Å². The van der Waals surface area contributed by atoms with Crippen molar-refractivity contribution in [2.45, 2.75) is 69.5 Å². The van der Waals surface area contributed by atoms with Crippen LogP contribution in [-0.4, -0.2) is 43.8 Å². The van der Waals surface area contributed by atoms with Crippen LogP contribution < -0.4 is 14.4 Å². The Hall–Kier alpha value is -4.34. The van der Waals surface area contributed by atoms with Gasteiger partial charge in [-0.15, -0.1) is 0 Å². The molecule has 4 aromatic rings. The number of aryl methyl sites for hydroxylation is 1. The largest absolute Gasteiger partial charge is 0.457 e. The van der Waals surface area contributed by atoms with Gasteiger partial charge in [0.2, 0.25) is 11.8 Å². The molecule has 0 heterocycles. The number of benzene rings is 4. The van der Waals surface area contributed by atoms with Crippen LogP contribution >= 0.6 is 11.6 Å². The second-order valence-corrected chi connectivity index (χ2v) is 14.1. The minimum Gasteiger partial charge on any atom is -0.457 e. The van der Waals surface area contributed by atoms with Gasteiger partial charge in [0.25, 0.3) is 10.0 Å². The Bertz CT molecular complexity index is 1740. The van der Waals surface area contributed by atoms with Gasteiger partial charge in [-0.05, 0) is 92.4 Å². The molecule has 1 atom stereocenters. The molecule has 2 amide bonds. The maximum Gasteiger partial charge on any atom is 0.264 e. The van der Waals surface area contributed by atoms with E-state index in [0.717, 1.165) is 41.1 Å². The lowest BCUT2D eigenvalue weighted by Crippen LogP contribution is -2.53. The van der Waals surface area contributed by atoms with Gasteiger partial charge in [0.1, 0.15) is 24.1 Å². The van der Waals surface area contributed by atoms with Crippen LogP contribution in [0.3, 0.4) is 0 Å². The van der Waals surface area contributed by atoms with Crippen molar-refractivity contribution in [2.75, 3.05) is 10.8 Å². The van der Waals surface area contributed by atoms with Gasteiger partial charge in [-0.3, -0.25) is 13.9 Å². The highest BCUT2D eigenvalue weighted by Gasteiger charge is 2.34. The predicted octanol–water partition coefficient (Wildman–Crippen LogP) is 7.50. The molecule has 47 heavy (non-hydrogen) atoms. The van der Waals surface area contributed by atoms with Crippen LogP contribution in [0.5, 0.6) is 11.5 Å². The van der Waals surface area contributed by atoms with Gasteiger partial charge in [0.05, 0.1) is 10.6 Å². The summed E-state index contributed by atoms with van der Waals surface area (Å²) in [5.41, 5.74) is 1.96. The molecule has 1 aliphatic rings. The average molecular weight is 674 g/mol. The lowest BCUT2D eigenvalue weighted by Gasteiger charge is -2.33. The van der Waals surface area contributed by atoms with Crippen LogP contribution in [0.1, 0.15) is 50.2 Å². The fourth-order valence-electron chi connectivity index (χ4n) is 5.74. The third kappa shape index (κ3) is 8.73. The Morgan fingerprint density at radius 3 is 2.11 bits per heavy atom. The zero-order chi connectivity index (χ0) is 33.4. The fourth-order valence-corrected chi connectivity index (χ4v) is 7.28. The summed E-state index contributed by atoms with van der Waals surface area (Å²) in [5, 5.41) is 3.68. The number of amides is 2. The van der Waals surface area contributed by atoms with E-state index >= 15 is 0 Å². The van der Waals surface area contributed by atoms with E-state index in [9.17, 15) is 18.0 Å². The summed E-state index contributed by atoms with van der Waals surface area (Å²) in [4.78, 5) is 29.5. The third-order valence-electron chi connectivity index (χ3n) is 8.35. The molecular formula is C37H40ClN3O5S. The van der Waals surface area contributed by atoms with Crippen molar-refractivity contribution < 1.29 is 22.7 Å². The van der Waals surface area contributed by atoms with Crippen molar-refractivity contribution in [2.24, 2.45) is 0 Å². The lowest BCUT2D eigenvalue weighted by molar-refractivity contribution is -0.140. The molecule has 4 aromatic carbocycles. The van der Waals surface area contributed by atoms with Crippen LogP contribution in [0.4, 0.5) is 5.69 Å². The minimum absolute atomic E-state index is 0.0516. The summed E-state index contributed by atoms with van der Waals surface area (Å²) < 4.78 is 35.4. The van der Waals surface area contributed by atoms with E-state index in [0.29, 0.717) is 22.9 Å². The van der Waals surface area contributed by atoms with E-state index in [-0.39, 0.29) is 29.1 Å². The van der Waals surface area contributed by atoms with Crippen LogP contribution in [0, 0.1) is 6.92 Å². The van der Waals surface area contributed by atoms with E-state index in [2.05, 4.69) is 5.32 Å². The Morgan fingerprint density at radius 1 is 0.872 bits per heavy atom. The van der Waals surface area contributed by atoms with E-state index < -0.39 is 28.5 Å². The second kappa shape index (κ2) is 15.5. The lowest BCUT2D eigenvalue weighted by atomic mass is 10.1. The molecule has 1 fully saturated rings. The van der Waals surface area contributed by atoms with Crippen molar-refractivity contribution in [3.8, 4) is 11.5 Å². The number of carbonyl (C=O) groups is 2. The number of nitrogens with one attached hydrogen (secondary N) is 1. The number of anilines is 1. The molecule has 1 N–H and O–H groups in total. The molecule has 0 aromatic heterocycles. The van der Waals surface area contributed by atoms with Crippen molar-refractivity contribution in [1.29, 1.82) is 0 Å². The monoisotopic (exact) mass is 673 g/mol. The summed E-state index contributed by atoms with van der Waals surface area (Å²) >= 11 is 6.13. The van der Waals surface area contributed by atoms with Gasteiger partial charge in [-0.2, -0.15) is 0 Å². The highest BCUT2D eigenvalue weighted by atomic mass is 35.5. The summed E-state index contributed by atoms with van der Waals surface area (Å²) in [6, 6.07) is 28.6. The normalized spacial score (nSPS) is 13.9. The topological polar surface area (TPSA) is 96.0 Å². The molecule has 0 radical (unpaired) electrons. The summed E-state index contributed by atoms with van der Waals surface area (Å²) in [7, 11) is -4.19. The molecular weight excluding hydrogens is 634 g/mol. The van der Waals surface area contributed by atoms with Gasteiger partial charge < -0.3 is 15.0 Å². The number of hydrogen-bond acceptors (Lipinski definition) is 5. The number of rotatable bonds is 13. The van der Waals surface area contributed by atoms with Gasteiger partial charge in [0.15, 0.2) is 0 Å². The Labute approximate surface area is 282 Å². The zero-order valence-electron chi connectivity index (χ0n) is 26.6. The summed E-state index contributed by atoms with van der Waals surface area (Å²) in [6.07, 6.45) is 4.26. The molecule has 1 aliphatic carbocycles. The summed E-state index contributed by atoms with van der Waals surface area (Å²) in [6.45, 7) is 3.32.